The Morgan fingerprint density at radius 1 is 1.38 bits per heavy atom. The van der Waals surface area contributed by atoms with Crippen molar-refractivity contribution in [2.24, 2.45) is 0 Å². The van der Waals surface area contributed by atoms with Crippen LogP contribution in [0.2, 0.25) is 0 Å². The maximum atomic E-state index is 12.2. The Balaban J connectivity index is 3.05. The SMILES string of the molecule is Cc1oc(C)c(C(=O)N(C)C(C)CBr)c1C. The Kier molecular flexibility index (Phi) is 4.19. The molecule has 0 aliphatic rings. The summed E-state index contributed by atoms with van der Waals surface area (Å²) in [6.07, 6.45) is 0. The number of carbonyl (C=O) groups is 1. The van der Waals surface area contributed by atoms with Gasteiger partial charge in [0.25, 0.3) is 5.91 Å². The summed E-state index contributed by atoms with van der Waals surface area (Å²) in [7, 11) is 1.81. The minimum atomic E-state index is 0.0267. The zero-order chi connectivity index (χ0) is 12.5. The number of carbonyl (C=O) groups excluding carboxylic acids is 1. The molecule has 0 saturated carbocycles. The molecule has 1 atom stereocenters. The van der Waals surface area contributed by atoms with Crippen molar-refractivity contribution in [1.29, 1.82) is 0 Å². The Labute approximate surface area is 105 Å². The number of halogens is 1. The van der Waals surface area contributed by atoms with Gasteiger partial charge >= 0.3 is 0 Å². The first-order valence-corrected chi connectivity index (χ1v) is 6.42. The molecule has 0 aromatic carbocycles. The van der Waals surface area contributed by atoms with Gasteiger partial charge in [-0.15, -0.1) is 0 Å². The largest absolute Gasteiger partial charge is 0.466 e. The molecule has 1 unspecified atom stereocenters. The topological polar surface area (TPSA) is 33.5 Å². The van der Waals surface area contributed by atoms with Crippen LogP contribution in [0.15, 0.2) is 4.42 Å². The Hall–Kier alpha value is -0.770. The molecule has 1 aromatic rings. The highest BCUT2D eigenvalue weighted by Gasteiger charge is 2.23. The van der Waals surface area contributed by atoms with Crippen molar-refractivity contribution in [3.8, 4) is 0 Å². The van der Waals surface area contributed by atoms with E-state index in [1.54, 1.807) is 4.90 Å². The molecule has 1 amide bonds. The number of aryl methyl sites for hydroxylation is 2. The molecule has 90 valence electrons. The van der Waals surface area contributed by atoms with Gasteiger partial charge in [-0.25, -0.2) is 0 Å². The number of nitrogens with zero attached hydrogens (tertiary/aromatic N) is 1. The summed E-state index contributed by atoms with van der Waals surface area (Å²) in [5, 5.41) is 0.768. The Bertz CT molecular complexity index is 398. The first kappa shape index (κ1) is 13.3. The molecule has 0 aliphatic carbocycles. The summed E-state index contributed by atoms with van der Waals surface area (Å²) in [5.41, 5.74) is 1.64. The van der Waals surface area contributed by atoms with Gasteiger partial charge in [0.15, 0.2) is 0 Å². The third-order valence-electron chi connectivity index (χ3n) is 2.98. The molecule has 0 saturated heterocycles. The average molecular weight is 288 g/mol. The third kappa shape index (κ3) is 2.32. The molecule has 0 bridgehead atoms. The van der Waals surface area contributed by atoms with E-state index in [0.29, 0.717) is 11.3 Å². The van der Waals surface area contributed by atoms with Crippen LogP contribution >= 0.6 is 15.9 Å². The minimum absolute atomic E-state index is 0.0267. The summed E-state index contributed by atoms with van der Waals surface area (Å²) in [4.78, 5) is 14.0. The van der Waals surface area contributed by atoms with Crippen molar-refractivity contribution in [1.82, 2.24) is 4.90 Å². The van der Waals surface area contributed by atoms with Gasteiger partial charge in [-0.1, -0.05) is 15.9 Å². The zero-order valence-corrected chi connectivity index (χ0v) is 12.0. The summed E-state index contributed by atoms with van der Waals surface area (Å²) in [5.74, 6) is 1.55. The Morgan fingerprint density at radius 3 is 2.31 bits per heavy atom. The van der Waals surface area contributed by atoms with E-state index < -0.39 is 0 Å². The van der Waals surface area contributed by atoms with E-state index >= 15 is 0 Å². The second-order valence-electron chi connectivity index (χ2n) is 4.13. The molecular weight excluding hydrogens is 270 g/mol. The fourth-order valence-electron chi connectivity index (χ4n) is 1.59. The van der Waals surface area contributed by atoms with Gasteiger partial charge in [-0.2, -0.15) is 0 Å². The van der Waals surface area contributed by atoms with Gasteiger partial charge in [0, 0.05) is 24.0 Å². The highest BCUT2D eigenvalue weighted by Crippen LogP contribution is 2.22. The molecule has 16 heavy (non-hydrogen) atoms. The molecule has 3 nitrogen and oxygen atoms in total. The summed E-state index contributed by atoms with van der Waals surface area (Å²) in [6.45, 7) is 7.64. The van der Waals surface area contributed by atoms with E-state index in [0.717, 1.165) is 16.7 Å². The third-order valence-corrected chi connectivity index (χ3v) is 3.92. The fraction of sp³-hybridized carbons (Fsp3) is 0.583. The van der Waals surface area contributed by atoms with Crippen LogP contribution in [0.1, 0.15) is 34.4 Å². The highest BCUT2D eigenvalue weighted by atomic mass is 79.9. The standard InChI is InChI=1S/C12H18BrNO2/c1-7(6-13)14(5)12(15)11-8(2)9(3)16-10(11)4/h7H,6H2,1-5H3. The van der Waals surface area contributed by atoms with Crippen molar-refractivity contribution in [2.75, 3.05) is 12.4 Å². The predicted octanol–water partition coefficient (Wildman–Crippen LogP) is 3.06. The summed E-state index contributed by atoms with van der Waals surface area (Å²) >= 11 is 3.38. The van der Waals surface area contributed by atoms with E-state index in [4.69, 9.17) is 4.42 Å². The van der Waals surface area contributed by atoms with E-state index in [2.05, 4.69) is 15.9 Å². The number of amides is 1. The molecule has 0 spiro atoms. The van der Waals surface area contributed by atoms with Gasteiger partial charge in [0.1, 0.15) is 11.5 Å². The molecule has 0 fully saturated rings. The monoisotopic (exact) mass is 287 g/mol. The smallest absolute Gasteiger partial charge is 0.257 e. The van der Waals surface area contributed by atoms with Gasteiger partial charge in [0.2, 0.25) is 0 Å². The first-order valence-electron chi connectivity index (χ1n) is 5.29. The van der Waals surface area contributed by atoms with Crippen molar-refractivity contribution in [3.63, 3.8) is 0 Å². The van der Waals surface area contributed by atoms with Crippen molar-refractivity contribution < 1.29 is 9.21 Å². The molecule has 0 N–H and O–H groups in total. The van der Waals surface area contributed by atoms with Crippen molar-refractivity contribution in [3.05, 3.63) is 22.6 Å². The molecule has 1 aromatic heterocycles. The normalized spacial score (nSPS) is 12.6. The quantitative estimate of drug-likeness (QED) is 0.801. The first-order chi connectivity index (χ1) is 7.40. The lowest BCUT2D eigenvalue weighted by Gasteiger charge is -2.23. The lowest BCUT2D eigenvalue weighted by Crippen LogP contribution is -2.36. The lowest BCUT2D eigenvalue weighted by atomic mass is 10.1. The van der Waals surface area contributed by atoms with Crippen LogP contribution in [0.3, 0.4) is 0 Å². The van der Waals surface area contributed by atoms with Crippen LogP contribution in [0.25, 0.3) is 0 Å². The number of hydrogen-bond acceptors (Lipinski definition) is 2. The number of rotatable bonds is 3. The zero-order valence-electron chi connectivity index (χ0n) is 10.4. The van der Waals surface area contributed by atoms with Crippen LogP contribution in [-0.4, -0.2) is 29.2 Å². The summed E-state index contributed by atoms with van der Waals surface area (Å²) in [6, 6.07) is 0.168. The van der Waals surface area contributed by atoms with E-state index in [1.807, 2.05) is 34.7 Å². The van der Waals surface area contributed by atoms with Gasteiger partial charge in [-0.3, -0.25) is 4.79 Å². The fourth-order valence-corrected chi connectivity index (χ4v) is 2.02. The second kappa shape index (κ2) is 5.04. The van der Waals surface area contributed by atoms with Crippen molar-refractivity contribution in [2.45, 2.75) is 33.7 Å². The van der Waals surface area contributed by atoms with E-state index in [9.17, 15) is 4.79 Å². The van der Waals surface area contributed by atoms with E-state index in [1.165, 1.54) is 0 Å². The van der Waals surface area contributed by atoms with Gasteiger partial charge in [0.05, 0.1) is 5.56 Å². The average Bonchev–Trinajstić information content (AvgIpc) is 2.50. The second-order valence-corrected chi connectivity index (χ2v) is 4.78. The predicted molar refractivity (Wildman–Crippen MR) is 68.3 cm³/mol. The van der Waals surface area contributed by atoms with Crippen LogP contribution < -0.4 is 0 Å². The Morgan fingerprint density at radius 2 is 1.94 bits per heavy atom. The molecule has 1 heterocycles. The lowest BCUT2D eigenvalue weighted by molar-refractivity contribution is 0.0756. The van der Waals surface area contributed by atoms with Crippen LogP contribution in [0.4, 0.5) is 0 Å². The number of alkyl halides is 1. The maximum absolute atomic E-state index is 12.2. The van der Waals surface area contributed by atoms with Crippen LogP contribution in [-0.2, 0) is 0 Å². The van der Waals surface area contributed by atoms with Crippen molar-refractivity contribution >= 4 is 21.8 Å². The molecule has 0 radical (unpaired) electrons. The van der Waals surface area contributed by atoms with Gasteiger partial charge in [-0.05, 0) is 27.7 Å². The molecular formula is C12H18BrNO2. The molecule has 1 rings (SSSR count). The summed E-state index contributed by atoms with van der Waals surface area (Å²) < 4.78 is 5.47. The number of furan rings is 1. The molecule has 4 heteroatoms. The highest BCUT2D eigenvalue weighted by molar-refractivity contribution is 9.09. The maximum Gasteiger partial charge on any atom is 0.257 e. The molecule has 0 aliphatic heterocycles. The van der Waals surface area contributed by atoms with E-state index in [-0.39, 0.29) is 11.9 Å². The number of hydrogen-bond donors (Lipinski definition) is 0. The van der Waals surface area contributed by atoms with Crippen LogP contribution in [0.5, 0.6) is 0 Å². The minimum Gasteiger partial charge on any atom is -0.466 e. The van der Waals surface area contributed by atoms with Crippen LogP contribution in [0, 0.1) is 20.8 Å². The van der Waals surface area contributed by atoms with Gasteiger partial charge < -0.3 is 9.32 Å².